The van der Waals surface area contributed by atoms with Gasteiger partial charge < -0.3 is 15.1 Å². The van der Waals surface area contributed by atoms with E-state index in [9.17, 15) is 9.59 Å². The summed E-state index contributed by atoms with van der Waals surface area (Å²) >= 11 is 0. The van der Waals surface area contributed by atoms with Gasteiger partial charge in [0, 0.05) is 32.0 Å². The van der Waals surface area contributed by atoms with Crippen LogP contribution in [-0.4, -0.2) is 36.9 Å². The number of hydrogen-bond donors (Lipinski definition) is 1. The maximum Gasteiger partial charge on any atom is 0.247 e. The molecule has 0 aromatic heterocycles. The molecule has 3 aromatic carbocycles. The van der Waals surface area contributed by atoms with Crippen molar-refractivity contribution in [3.05, 3.63) is 96.1 Å². The monoisotopic (exact) mass is 429 g/mol. The Labute approximate surface area is 190 Å². The van der Waals surface area contributed by atoms with Crippen molar-refractivity contribution in [2.75, 3.05) is 24.3 Å². The van der Waals surface area contributed by atoms with Crippen molar-refractivity contribution in [2.45, 2.75) is 32.4 Å². The van der Waals surface area contributed by atoms with Gasteiger partial charge in [-0.2, -0.15) is 0 Å². The van der Waals surface area contributed by atoms with Crippen LogP contribution >= 0.6 is 0 Å². The third-order valence-electron chi connectivity index (χ3n) is 5.43. The van der Waals surface area contributed by atoms with Gasteiger partial charge in [-0.25, -0.2) is 0 Å². The SMILES string of the molecule is CCC(C(=O)Nc1ccc(N(C)C)cc1)N(Cc1ccccc1)C(=O)Cc1ccccc1. The number of nitrogens with zero attached hydrogens (tertiary/aromatic N) is 2. The molecule has 166 valence electrons. The Morgan fingerprint density at radius 3 is 1.91 bits per heavy atom. The van der Waals surface area contributed by atoms with Crippen molar-refractivity contribution in [2.24, 2.45) is 0 Å². The molecule has 1 atom stereocenters. The average molecular weight is 430 g/mol. The second-order valence-electron chi connectivity index (χ2n) is 8.02. The molecule has 1 unspecified atom stereocenters. The number of carbonyl (C=O) groups is 2. The molecule has 0 aliphatic heterocycles. The predicted molar refractivity (Wildman–Crippen MR) is 131 cm³/mol. The van der Waals surface area contributed by atoms with Gasteiger partial charge >= 0.3 is 0 Å². The van der Waals surface area contributed by atoms with E-state index in [1.165, 1.54) is 0 Å². The fraction of sp³-hybridized carbons (Fsp3) is 0.259. The van der Waals surface area contributed by atoms with Gasteiger partial charge in [-0.3, -0.25) is 9.59 Å². The molecule has 5 heteroatoms. The number of hydrogen-bond acceptors (Lipinski definition) is 3. The number of carbonyl (C=O) groups excluding carboxylic acids is 2. The van der Waals surface area contributed by atoms with Gasteiger partial charge in [0.15, 0.2) is 0 Å². The minimum Gasteiger partial charge on any atom is -0.378 e. The van der Waals surface area contributed by atoms with E-state index in [1.807, 2.05) is 111 Å². The highest BCUT2D eigenvalue weighted by Gasteiger charge is 2.28. The highest BCUT2D eigenvalue weighted by atomic mass is 16.2. The van der Waals surface area contributed by atoms with E-state index in [0.717, 1.165) is 16.8 Å². The van der Waals surface area contributed by atoms with Crippen LogP contribution in [-0.2, 0) is 22.6 Å². The van der Waals surface area contributed by atoms with E-state index < -0.39 is 6.04 Å². The molecule has 0 bridgehead atoms. The van der Waals surface area contributed by atoms with E-state index in [0.29, 0.717) is 18.7 Å². The summed E-state index contributed by atoms with van der Waals surface area (Å²) in [6, 6.07) is 26.6. The van der Waals surface area contributed by atoms with Gasteiger partial charge in [0.2, 0.25) is 11.8 Å². The molecule has 0 aliphatic carbocycles. The van der Waals surface area contributed by atoms with Gasteiger partial charge in [-0.1, -0.05) is 67.6 Å². The number of benzene rings is 3. The average Bonchev–Trinajstić information content (AvgIpc) is 2.80. The molecule has 2 amide bonds. The normalized spacial score (nSPS) is 11.5. The van der Waals surface area contributed by atoms with E-state index in [2.05, 4.69) is 5.32 Å². The van der Waals surface area contributed by atoms with E-state index in [1.54, 1.807) is 4.90 Å². The Morgan fingerprint density at radius 2 is 1.38 bits per heavy atom. The van der Waals surface area contributed by atoms with E-state index >= 15 is 0 Å². The maximum atomic E-state index is 13.3. The third kappa shape index (κ3) is 6.20. The van der Waals surface area contributed by atoms with Crippen LogP contribution in [0.3, 0.4) is 0 Å². The Kier molecular flexibility index (Phi) is 8.03. The molecule has 0 saturated heterocycles. The topological polar surface area (TPSA) is 52.7 Å². The first-order valence-electron chi connectivity index (χ1n) is 10.9. The molecule has 32 heavy (non-hydrogen) atoms. The molecular formula is C27H31N3O2. The molecule has 0 fully saturated rings. The molecule has 5 nitrogen and oxygen atoms in total. The first-order valence-corrected chi connectivity index (χ1v) is 10.9. The summed E-state index contributed by atoms with van der Waals surface area (Å²) in [4.78, 5) is 30.3. The summed E-state index contributed by atoms with van der Waals surface area (Å²) in [6.45, 7) is 2.32. The van der Waals surface area contributed by atoms with Crippen molar-refractivity contribution in [3.8, 4) is 0 Å². The van der Waals surface area contributed by atoms with Gasteiger partial charge in [0.1, 0.15) is 6.04 Å². The van der Waals surface area contributed by atoms with Crippen LogP contribution in [0, 0.1) is 0 Å². The lowest BCUT2D eigenvalue weighted by atomic mass is 10.1. The minimum absolute atomic E-state index is 0.0648. The molecule has 0 aliphatic rings. The molecule has 0 radical (unpaired) electrons. The summed E-state index contributed by atoms with van der Waals surface area (Å²) < 4.78 is 0. The summed E-state index contributed by atoms with van der Waals surface area (Å²) in [7, 11) is 3.95. The van der Waals surface area contributed by atoms with Crippen LogP contribution in [0.1, 0.15) is 24.5 Å². The van der Waals surface area contributed by atoms with E-state index in [4.69, 9.17) is 0 Å². The molecule has 0 heterocycles. The lowest BCUT2D eigenvalue weighted by Gasteiger charge is -2.31. The molecule has 3 rings (SSSR count). The predicted octanol–water partition coefficient (Wildman–Crippen LogP) is 4.74. The highest BCUT2D eigenvalue weighted by Crippen LogP contribution is 2.19. The van der Waals surface area contributed by atoms with Crippen LogP contribution < -0.4 is 10.2 Å². The van der Waals surface area contributed by atoms with Crippen molar-refractivity contribution < 1.29 is 9.59 Å². The highest BCUT2D eigenvalue weighted by molar-refractivity contribution is 5.97. The number of nitrogens with one attached hydrogen (secondary N) is 1. The van der Waals surface area contributed by atoms with Crippen LogP contribution in [0.25, 0.3) is 0 Å². The Balaban J connectivity index is 1.81. The Morgan fingerprint density at radius 1 is 0.812 bits per heavy atom. The lowest BCUT2D eigenvalue weighted by Crippen LogP contribution is -2.47. The summed E-state index contributed by atoms with van der Waals surface area (Å²) in [5, 5.41) is 2.99. The molecule has 0 spiro atoms. The Hall–Kier alpha value is -3.60. The molecule has 1 N–H and O–H groups in total. The first-order chi connectivity index (χ1) is 15.5. The second kappa shape index (κ2) is 11.1. The Bertz CT molecular complexity index is 1000. The first kappa shape index (κ1) is 23.1. The van der Waals surface area contributed by atoms with Crippen molar-refractivity contribution >= 4 is 23.2 Å². The summed E-state index contributed by atoms with van der Waals surface area (Å²) in [5.74, 6) is -0.243. The van der Waals surface area contributed by atoms with Gasteiger partial charge in [-0.15, -0.1) is 0 Å². The fourth-order valence-corrected chi connectivity index (χ4v) is 3.64. The number of rotatable bonds is 9. The van der Waals surface area contributed by atoms with Crippen molar-refractivity contribution in [1.82, 2.24) is 4.90 Å². The van der Waals surface area contributed by atoms with Crippen LogP contribution in [0.2, 0.25) is 0 Å². The van der Waals surface area contributed by atoms with Crippen LogP contribution in [0.15, 0.2) is 84.9 Å². The smallest absolute Gasteiger partial charge is 0.247 e. The van der Waals surface area contributed by atoms with Crippen molar-refractivity contribution in [3.63, 3.8) is 0 Å². The number of amides is 2. The van der Waals surface area contributed by atoms with Gasteiger partial charge in [0.05, 0.1) is 6.42 Å². The third-order valence-corrected chi connectivity index (χ3v) is 5.43. The van der Waals surface area contributed by atoms with Gasteiger partial charge in [0.25, 0.3) is 0 Å². The maximum absolute atomic E-state index is 13.3. The zero-order valence-electron chi connectivity index (χ0n) is 19.0. The molecule has 3 aromatic rings. The quantitative estimate of drug-likeness (QED) is 0.534. The van der Waals surface area contributed by atoms with Gasteiger partial charge in [-0.05, 0) is 41.8 Å². The largest absolute Gasteiger partial charge is 0.378 e. The van der Waals surface area contributed by atoms with Crippen molar-refractivity contribution in [1.29, 1.82) is 0 Å². The minimum atomic E-state index is -0.569. The molecular weight excluding hydrogens is 398 g/mol. The lowest BCUT2D eigenvalue weighted by molar-refractivity contribution is -0.139. The second-order valence-corrected chi connectivity index (χ2v) is 8.02. The summed E-state index contributed by atoms with van der Waals surface area (Å²) in [5.41, 5.74) is 3.70. The van der Waals surface area contributed by atoms with E-state index in [-0.39, 0.29) is 18.2 Å². The summed E-state index contributed by atoms with van der Waals surface area (Å²) in [6.07, 6.45) is 0.782. The zero-order chi connectivity index (χ0) is 22.9. The number of anilines is 2. The van der Waals surface area contributed by atoms with Crippen LogP contribution in [0.5, 0.6) is 0 Å². The zero-order valence-corrected chi connectivity index (χ0v) is 19.0. The van der Waals surface area contributed by atoms with Crippen LogP contribution in [0.4, 0.5) is 11.4 Å². The molecule has 0 saturated carbocycles. The standard InChI is InChI=1S/C27H31N3O2/c1-4-25(27(32)28-23-15-17-24(18-16-23)29(2)3)30(20-22-13-9-6-10-14-22)26(31)19-21-11-7-5-8-12-21/h5-18,25H,4,19-20H2,1-3H3,(H,28,32). The fourth-order valence-electron chi connectivity index (χ4n) is 3.64.